The number of halogens is 1. The molecule has 0 saturated heterocycles. The zero-order valence-electron chi connectivity index (χ0n) is 15.8. The molecule has 0 heterocycles. The van der Waals surface area contributed by atoms with Crippen LogP contribution in [0.3, 0.4) is 0 Å². The lowest BCUT2D eigenvalue weighted by atomic mass is 10.0. The molecule has 1 aromatic carbocycles. The highest BCUT2D eigenvalue weighted by atomic mass is 19.1. The van der Waals surface area contributed by atoms with Crippen molar-refractivity contribution in [1.29, 1.82) is 0 Å². The summed E-state index contributed by atoms with van der Waals surface area (Å²) in [5.74, 6) is -0.832. The van der Waals surface area contributed by atoms with Crippen LogP contribution in [-0.2, 0) is 20.7 Å². The second-order valence-corrected chi connectivity index (χ2v) is 7.86. The Morgan fingerprint density at radius 2 is 1.52 bits per heavy atom. The number of carbonyl (C=O) groups excluding carboxylic acids is 2. The Labute approximate surface area is 148 Å². The van der Waals surface area contributed by atoms with Crippen LogP contribution in [-0.4, -0.2) is 35.5 Å². The van der Waals surface area contributed by atoms with E-state index < -0.39 is 35.5 Å². The molecule has 0 aliphatic carbocycles. The lowest BCUT2D eigenvalue weighted by molar-refractivity contribution is -0.159. The van der Waals surface area contributed by atoms with Crippen LogP contribution in [0.2, 0.25) is 0 Å². The number of rotatable bonds is 5. The number of nitrogens with one attached hydrogen (secondary N) is 1. The van der Waals surface area contributed by atoms with Gasteiger partial charge >= 0.3 is 12.1 Å². The molecule has 0 unspecified atom stereocenters. The molecule has 2 atom stereocenters. The van der Waals surface area contributed by atoms with Gasteiger partial charge in [0.1, 0.15) is 17.4 Å². The predicted octanol–water partition coefficient (Wildman–Crippen LogP) is 3.80. The van der Waals surface area contributed by atoms with Crippen LogP contribution in [0.25, 0.3) is 0 Å². The fourth-order valence-corrected chi connectivity index (χ4v) is 2.05. The Morgan fingerprint density at radius 3 is 2.00 bits per heavy atom. The molecule has 140 valence electrons. The maximum Gasteiger partial charge on any atom is 0.408 e. The molecule has 0 aliphatic rings. The normalized spacial score (nSPS) is 14.4. The first kappa shape index (κ1) is 20.9. The Kier molecular flexibility index (Phi) is 6.96. The van der Waals surface area contributed by atoms with Crippen LogP contribution in [0, 0.1) is 0 Å². The van der Waals surface area contributed by atoms with E-state index >= 15 is 0 Å². The molecule has 0 radical (unpaired) electrons. The first-order valence-electron chi connectivity index (χ1n) is 8.28. The molecule has 1 aromatic rings. The number of hydrogen-bond donors (Lipinski definition) is 1. The number of carbonyl (C=O) groups is 2. The van der Waals surface area contributed by atoms with Crippen molar-refractivity contribution in [2.45, 2.75) is 71.4 Å². The molecule has 0 bridgehead atoms. The van der Waals surface area contributed by atoms with Crippen LogP contribution in [0.15, 0.2) is 30.3 Å². The van der Waals surface area contributed by atoms with Gasteiger partial charge in [-0.3, -0.25) is 0 Å². The number of alkyl carbamates (subject to hydrolysis) is 1. The Bertz CT molecular complexity index is 575. The number of benzene rings is 1. The van der Waals surface area contributed by atoms with Crippen molar-refractivity contribution in [1.82, 2.24) is 5.32 Å². The summed E-state index contributed by atoms with van der Waals surface area (Å²) in [6.07, 6.45) is -2.54. The minimum absolute atomic E-state index is 0.0272. The first-order valence-corrected chi connectivity index (χ1v) is 8.28. The van der Waals surface area contributed by atoms with Crippen molar-refractivity contribution < 1.29 is 23.5 Å². The molecule has 0 spiro atoms. The van der Waals surface area contributed by atoms with Crippen molar-refractivity contribution >= 4 is 12.1 Å². The molecule has 0 aliphatic heterocycles. The van der Waals surface area contributed by atoms with Crippen LogP contribution in [0.4, 0.5) is 9.18 Å². The van der Waals surface area contributed by atoms with Crippen molar-refractivity contribution in [3.05, 3.63) is 35.9 Å². The molecule has 0 aromatic heterocycles. The lowest BCUT2D eigenvalue weighted by Crippen LogP contribution is -2.51. The van der Waals surface area contributed by atoms with Gasteiger partial charge in [0, 0.05) is 6.42 Å². The van der Waals surface area contributed by atoms with Crippen LogP contribution < -0.4 is 5.32 Å². The van der Waals surface area contributed by atoms with Gasteiger partial charge < -0.3 is 14.8 Å². The van der Waals surface area contributed by atoms with Crippen LogP contribution >= 0.6 is 0 Å². The van der Waals surface area contributed by atoms with E-state index in [1.165, 1.54) is 0 Å². The zero-order valence-corrected chi connectivity index (χ0v) is 15.8. The summed E-state index contributed by atoms with van der Waals surface area (Å²) in [5, 5.41) is 2.31. The van der Waals surface area contributed by atoms with Crippen LogP contribution in [0.5, 0.6) is 0 Å². The zero-order chi connectivity index (χ0) is 19.3. The predicted molar refractivity (Wildman–Crippen MR) is 94.0 cm³/mol. The van der Waals surface area contributed by atoms with Gasteiger partial charge in [-0.05, 0) is 47.1 Å². The minimum Gasteiger partial charge on any atom is -0.458 e. The smallest absolute Gasteiger partial charge is 0.408 e. The molecule has 5 nitrogen and oxygen atoms in total. The van der Waals surface area contributed by atoms with E-state index in [-0.39, 0.29) is 6.42 Å². The standard InChI is InChI=1S/C19H28FNO4/c1-18(2,3)24-16(22)15(21-17(23)25-19(4,5)6)14(20)12-13-10-8-7-9-11-13/h7-11,14-15H,12H2,1-6H3,(H,21,23)/t14-,15-/m1/s1. The molecule has 1 amide bonds. The number of hydrogen-bond acceptors (Lipinski definition) is 4. The summed E-state index contributed by atoms with van der Waals surface area (Å²) in [6, 6.07) is 7.45. The number of amides is 1. The maximum absolute atomic E-state index is 14.8. The summed E-state index contributed by atoms with van der Waals surface area (Å²) >= 11 is 0. The highest BCUT2D eigenvalue weighted by Gasteiger charge is 2.35. The molecule has 1 N–H and O–H groups in total. The average Bonchev–Trinajstić information content (AvgIpc) is 2.41. The van der Waals surface area contributed by atoms with Crippen molar-refractivity contribution in [3.63, 3.8) is 0 Å². The molecule has 1 rings (SSSR count). The number of esters is 1. The van der Waals surface area contributed by atoms with Gasteiger partial charge in [0.25, 0.3) is 0 Å². The summed E-state index contributed by atoms with van der Waals surface area (Å²) < 4.78 is 25.2. The fourth-order valence-electron chi connectivity index (χ4n) is 2.05. The van der Waals surface area contributed by atoms with Crippen molar-refractivity contribution in [2.24, 2.45) is 0 Å². The summed E-state index contributed by atoms with van der Waals surface area (Å²) in [7, 11) is 0. The Morgan fingerprint density at radius 1 is 1.00 bits per heavy atom. The second kappa shape index (κ2) is 8.32. The van der Waals surface area contributed by atoms with E-state index in [0.29, 0.717) is 0 Å². The highest BCUT2D eigenvalue weighted by molar-refractivity contribution is 5.82. The van der Waals surface area contributed by atoms with Gasteiger partial charge in [-0.25, -0.2) is 14.0 Å². The SMILES string of the molecule is CC(C)(C)OC(=O)N[C@@H](C(=O)OC(C)(C)C)[C@H](F)Cc1ccccc1. The molecule has 6 heteroatoms. The molecule has 0 fully saturated rings. The van der Waals surface area contributed by atoms with Gasteiger partial charge in [0.05, 0.1) is 0 Å². The Hall–Kier alpha value is -2.11. The maximum atomic E-state index is 14.8. The number of alkyl halides is 1. The molecular formula is C19H28FNO4. The molecule has 0 saturated carbocycles. The average molecular weight is 353 g/mol. The van der Waals surface area contributed by atoms with Crippen molar-refractivity contribution in [3.8, 4) is 0 Å². The second-order valence-electron chi connectivity index (χ2n) is 7.86. The largest absolute Gasteiger partial charge is 0.458 e. The quantitative estimate of drug-likeness (QED) is 0.818. The molecule has 25 heavy (non-hydrogen) atoms. The Balaban J connectivity index is 2.89. The van der Waals surface area contributed by atoms with E-state index in [2.05, 4.69) is 5.32 Å². The van der Waals surface area contributed by atoms with Gasteiger partial charge in [0.15, 0.2) is 6.04 Å². The summed E-state index contributed by atoms with van der Waals surface area (Å²) in [5.41, 5.74) is -0.833. The van der Waals surface area contributed by atoms with Gasteiger partial charge in [-0.15, -0.1) is 0 Å². The van der Waals surface area contributed by atoms with E-state index in [1.807, 2.05) is 6.07 Å². The third kappa shape index (κ3) is 8.52. The van der Waals surface area contributed by atoms with E-state index in [1.54, 1.807) is 65.8 Å². The minimum atomic E-state index is -1.65. The third-order valence-electron chi connectivity index (χ3n) is 2.97. The van der Waals surface area contributed by atoms with E-state index in [9.17, 15) is 14.0 Å². The summed E-state index contributed by atoms with van der Waals surface area (Å²) in [6.45, 7) is 10.1. The topological polar surface area (TPSA) is 64.6 Å². The van der Waals surface area contributed by atoms with Gasteiger partial charge in [0.2, 0.25) is 0 Å². The third-order valence-corrected chi connectivity index (χ3v) is 2.97. The first-order chi connectivity index (χ1) is 11.4. The van der Waals surface area contributed by atoms with E-state index in [4.69, 9.17) is 9.47 Å². The monoisotopic (exact) mass is 353 g/mol. The number of ether oxygens (including phenoxy) is 2. The van der Waals surface area contributed by atoms with Crippen molar-refractivity contribution in [2.75, 3.05) is 0 Å². The van der Waals surface area contributed by atoms with Gasteiger partial charge in [-0.1, -0.05) is 30.3 Å². The molecular weight excluding hydrogens is 325 g/mol. The lowest BCUT2D eigenvalue weighted by Gasteiger charge is -2.27. The fraction of sp³-hybridized carbons (Fsp3) is 0.579. The highest BCUT2D eigenvalue weighted by Crippen LogP contribution is 2.16. The summed E-state index contributed by atoms with van der Waals surface area (Å²) in [4.78, 5) is 24.3. The van der Waals surface area contributed by atoms with Gasteiger partial charge in [-0.2, -0.15) is 0 Å². The van der Waals surface area contributed by atoms with E-state index in [0.717, 1.165) is 5.56 Å². The van der Waals surface area contributed by atoms with Crippen LogP contribution in [0.1, 0.15) is 47.1 Å².